The van der Waals surface area contributed by atoms with Crippen LogP contribution in [0.1, 0.15) is 5.56 Å². The molecule has 2 aromatic rings. The second-order valence-electron chi connectivity index (χ2n) is 3.88. The number of anilines is 1. The van der Waals surface area contributed by atoms with Crippen LogP contribution in [-0.4, -0.2) is 14.7 Å². The van der Waals surface area contributed by atoms with E-state index in [1.54, 1.807) is 28.7 Å². The van der Waals surface area contributed by atoms with Gasteiger partial charge in [0.15, 0.2) is 0 Å². The number of benzene rings is 1. The Balaban J connectivity index is 2.17. The molecule has 0 saturated heterocycles. The minimum absolute atomic E-state index is 0.0563. The van der Waals surface area contributed by atoms with Gasteiger partial charge in [-0.2, -0.15) is 5.10 Å². The Morgan fingerprint density at radius 1 is 1.58 bits per heavy atom. The highest BCUT2D eigenvalue weighted by atomic mass is 32.2. The van der Waals surface area contributed by atoms with E-state index in [9.17, 15) is 10.1 Å². The maximum Gasteiger partial charge on any atom is 0.269 e. The average molecular weight is 279 g/mol. The maximum atomic E-state index is 10.8. The van der Waals surface area contributed by atoms with E-state index in [4.69, 9.17) is 5.84 Å². The molecule has 0 atom stereocenters. The van der Waals surface area contributed by atoms with E-state index in [2.05, 4.69) is 10.5 Å². The monoisotopic (exact) mass is 279 g/mol. The first-order valence-corrected chi connectivity index (χ1v) is 6.44. The van der Waals surface area contributed by atoms with E-state index in [0.717, 1.165) is 10.5 Å². The van der Waals surface area contributed by atoms with Gasteiger partial charge in [0, 0.05) is 36.0 Å². The van der Waals surface area contributed by atoms with Gasteiger partial charge in [-0.15, -0.1) is 11.8 Å². The summed E-state index contributed by atoms with van der Waals surface area (Å²) >= 11 is 1.54. The van der Waals surface area contributed by atoms with Gasteiger partial charge in [0.05, 0.1) is 16.8 Å². The Morgan fingerprint density at radius 3 is 2.95 bits per heavy atom. The highest BCUT2D eigenvalue weighted by Gasteiger charge is 2.11. The fourth-order valence-electron chi connectivity index (χ4n) is 1.59. The van der Waals surface area contributed by atoms with Gasteiger partial charge in [0.2, 0.25) is 0 Å². The lowest BCUT2D eigenvalue weighted by Gasteiger charge is -2.07. The highest BCUT2D eigenvalue weighted by molar-refractivity contribution is 7.98. The minimum atomic E-state index is -0.418. The van der Waals surface area contributed by atoms with Crippen LogP contribution in [0.2, 0.25) is 0 Å². The minimum Gasteiger partial charge on any atom is -0.324 e. The van der Waals surface area contributed by atoms with Crippen LogP contribution in [0.15, 0.2) is 35.5 Å². The van der Waals surface area contributed by atoms with Gasteiger partial charge >= 0.3 is 0 Å². The molecule has 0 radical (unpaired) electrons. The second kappa shape index (κ2) is 5.72. The van der Waals surface area contributed by atoms with Crippen LogP contribution in [0.3, 0.4) is 0 Å². The molecule has 0 amide bonds. The molecule has 0 spiro atoms. The van der Waals surface area contributed by atoms with Crippen molar-refractivity contribution in [3.8, 4) is 0 Å². The Kier molecular flexibility index (Phi) is 4.03. The molecule has 0 bridgehead atoms. The number of hydrogen-bond donors (Lipinski definition) is 2. The molecule has 1 aromatic carbocycles. The number of nitrogen functional groups attached to an aromatic ring is 1. The fraction of sp³-hybridized carbons (Fsp3) is 0.182. The summed E-state index contributed by atoms with van der Waals surface area (Å²) in [5, 5.41) is 14.8. The van der Waals surface area contributed by atoms with Gasteiger partial charge < -0.3 is 5.43 Å². The summed E-state index contributed by atoms with van der Waals surface area (Å²) in [6, 6.07) is 4.56. The fourth-order valence-corrected chi connectivity index (χ4v) is 2.50. The van der Waals surface area contributed by atoms with E-state index in [-0.39, 0.29) is 5.69 Å². The van der Waals surface area contributed by atoms with Crippen LogP contribution < -0.4 is 11.3 Å². The van der Waals surface area contributed by atoms with Gasteiger partial charge in [-0.3, -0.25) is 20.6 Å². The van der Waals surface area contributed by atoms with Crippen molar-refractivity contribution in [3.05, 3.63) is 46.3 Å². The van der Waals surface area contributed by atoms with Crippen molar-refractivity contribution in [2.45, 2.75) is 10.6 Å². The Hall–Kier alpha value is -2.06. The van der Waals surface area contributed by atoms with Gasteiger partial charge in [-0.1, -0.05) is 0 Å². The lowest BCUT2D eigenvalue weighted by atomic mass is 10.2. The third-order valence-electron chi connectivity index (χ3n) is 2.53. The Morgan fingerprint density at radius 2 is 2.37 bits per heavy atom. The molecule has 0 saturated carbocycles. The first-order chi connectivity index (χ1) is 9.10. The largest absolute Gasteiger partial charge is 0.324 e. The van der Waals surface area contributed by atoms with E-state index in [1.807, 2.05) is 13.2 Å². The maximum absolute atomic E-state index is 10.8. The summed E-state index contributed by atoms with van der Waals surface area (Å²) in [7, 11) is 1.84. The summed E-state index contributed by atoms with van der Waals surface area (Å²) < 4.78 is 1.71. The molecular weight excluding hydrogens is 266 g/mol. The second-order valence-corrected chi connectivity index (χ2v) is 4.93. The predicted molar refractivity (Wildman–Crippen MR) is 73.7 cm³/mol. The molecule has 19 heavy (non-hydrogen) atoms. The Bertz CT molecular complexity index is 599. The lowest BCUT2D eigenvalue weighted by molar-refractivity contribution is -0.384. The van der Waals surface area contributed by atoms with E-state index >= 15 is 0 Å². The molecule has 0 aliphatic heterocycles. The number of nitrogens with two attached hydrogens (primary N) is 1. The molecule has 0 unspecified atom stereocenters. The van der Waals surface area contributed by atoms with Gasteiger partial charge in [-0.05, 0) is 11.6 Å². The first kappa shape index (κ1) is 13.4. The number of aryl methyl sites for hydroxylation is 1. The number of thioether (sulfide) groups is 1. The van der Waals surface area contributed by atoms with Crippen molar-refractivity contribution in [1.29, 1.82) is 0 Å². The zero-order valence-electron chi connectivity index (χ0n) is 10.2. The quantitative estimate of drug-likeness (QED) is 0.375. The third-order valence-corrected chi connectivity index (χ3v) is 3.53. The van der Waals surface area contributed by atoms with Crippen LogP contribution in [0, 0.1) is 10.1 Å². The van der Waals surface area contributed by atoms with Crippen LogP contribution in [0.25, 0.3) is 0 Å². The topological polar surface area (TPSA) is 99.0 Å². The number of aromatic nitrogens is 2. The molecule has 3 N–H and O–H groups in total. The molecule has 0 aliphatic carbocycles. The van der Waals surface area contributed by atoms with Crippen molar-refractivity contribution in [2.75, 3.05) is 5.43 Å². The number of non-ortho nitro benzene ring substituents is 1. The first-order valence-electron chi connectivity index (χ1n) is 5.45. The number of hydrogen-bond acceptors (Lipinski definition) is 6. The number of nitrogens with one attached hydrogen (secondary N) is 1. The van der Waals surface area contributed by atoms with Crippen molar-refractivity contribution in [1.82, 2.24) is 9.78 Å². The molecule has 0 fully saturated rings. The predicted octanol–water partition coefficient (Wildman–Crippen LogP) is 1.91. The van der Waals surface area contributed by atoms with Gasteiger partial charge in [0.1, 0.15) is 0 Å². The normalized spacial score (nSPS) is 10.4. The van der Waals surface area contributed by atoms with Crippen molar-refractivity contribution in [3.63, 3.8) is 0 Å². The molecule has 1 aromatic heterocycles. The molecule has 8 heteroatoms. The number of nitrogens with zero attached hydrogens (tertiary/aromatic N) is 3. The summed E-state index contributed by atoms with van der Waals surface area (Å²) in [5.41, 5.74) is 4.07. The molecule has 0 aliphatic rings. The van der Waals surface area contributed by atoms with Crippen LogP contribution in [0.5, 0.6) is 0 Å². The van der Waals surface area contributed by atoms with Crippen molar-refractivity contribution >= 4 is 23.1 Å². The van der Waals surface area contributed by atoms with E-state index < -0.39 is 4.92 Å². The molecule has 2 rings (SSSR count). The van der Waals surface area contributed by atoms with E-state index in [1.165, 1.54) is 12.1 Å². The highest BCUT2D eigenvalue weighted by Crippen LogP contribution is 2.28. The average Bonchev–Trinajstić information content (AvgIpc) is 2.81. The zero-order valence-corrected chi connectivity index (χ0v) is 11.1. The lowest BCUT2D eigenvalue weighted by Crippen LogP contribution is -2.09. The van der Waals surface area contributed by atoms with Crippen LogP contribution in [-0.2, 0) is 12.8 Å². The molecular formula is C11H13N5O2S. The number of rotatable bonds is 5. The number of nitro benzene ring substituents is 1. The zero-order chi connectivity index (χ0) is 13.8. The summed E-state index contributed by atoms with van der Waals surface area (Å²) in [5.74, 6) is 5.98. The van der Waals surface area contributed by atoms with Crippen LogP contribution >= 0.6 is 11.8 Å². The molecule has 1 heterocycles. The van der Waals surface area contributed by atoms with E-state index in [0.29, 0.717) is 11.4 Å². The number of hydrazine groups is 1. The van der Waals surface area contributed by atoms with Gasteiger partial charge in [-0.25, -0.2) is 0 Å². The number of nitro groups is 1. The smallest absolute Gasteiger partial charge is 0.269 e. The third kappa shape index (κ3) is 3.24. The van der Waals surface area contributed by atoms with Crippen LogP contribution in [0.4, 0.5) is 11.4 Å². The summed E-state index contributed by atoms with van der Waals surface area (Å²) in [6.45, 7) is 0. The summed E-state index contributed by atoms with van der Waals surface area (Å²) in [4.78, 5) is 11.3. The SMILES string of the molecule is Cn1cc(SCc2cc([N+](=O)[O-])ccc2NN)cn1. The summed E-state index contributed by atoms with van der Waals surface area (Å²) in [6.07, 6.45) is 3.63. The van der Waals surface area contributed by atoms with Crippen molar-refractivity contribution < 1.29 is 4.92 Å². The standard InChI is InChI=1S/C11H13N5O2S/c1-15-6-10(5-13-15)19-7-8-4-9(16(17)18)2-3-11(8)14-12/h2-6,14H,7,12H2,1H3. The Labute approximate surface area is 113 Å². The van der Waals surface area contributed by atoms with Crippen molar-refractivity contribution in [2.24, 2.45) is 12.9 Å². The van der Waals surface area contributed by atoms with Gasteiger partial charge in [0.25, 0.3) is 5.69 Å². The molecule has 100 valence electrons. The molecule has 7 nitrogen and oxygen atoms in total.